The Balaban J connectivity index is 1.39. The van der Waals surface area contributed by atoms with Gasteiger partial charge in [-0.05, 0) is 44.7 Å². The number of piperazine rings is 1. The molecule has 7 rings (SSSR count). The number of esters is 1. The summed E-state index contributed by atoms with van der Waals surface area (Å²) in [6.07, 6.45) is 1.36. The number of aromatic nitrogens is 1. The van der Waals surface area contributed by atoms with Crippen LogP contribution in [0.1, 0.15) is 53.7 Å². The van der Waals surface area contributed by atoms with Crippen molar-refractivity contribution >= 4 is 39.3 Å². The number of benzene rings is 3. The van der Waals surface area contributed by atoms with E-state index >= 15 is 4.39 Å². The third kappa shape index (κ3) is 5.43. The molecule has 0 aliphatic carbocycles. The van der Waals surface area contributed by atoms with Crippen LogP contribution in [0, 0.1) is 5.82 Å². The number of carbonyl (C=O) groups is 2. The Morgan fingerprint density at radius 2 is 1.71 bits per heavy atom. The van der Waals surface area contributed by atoms with Crippen LogP contribution >= 0.6 is 0 Å². The molecule has 11 heteroatoms. The SMILES string of the molecule is CC(=O)CC(c1ccccc1)c1c(OC(=O)c2cn3c4c(c(N5CCN(C)CC5)c(F)cc4c2=O)OC[C@@H]3C)c2ccccc2oc1=O. The first kappa shape index (κ1) is 31.3. The van der Waals surface area contributed by atoms with Crippen molar-refractivity contribution in [1.29, 1.82) is 0 Å². The second-order valence-electron chi connectivity index (χ2n) is 12.5. The number of para-hydroxylation sites is 1. The Labute approximate surface area is 274 Å². The van der Waals surface area contributed by atoms with E-state index in [0.717, 1.165) is 13.1 Å². The zero-order chi connectivity index (χ0) is 33.7. The van der Waals surface area contributed by atoms with E-state index in [1.54, 1.807) is 53.1 Å². The molecule has 0 saturated carbocycles. The van der Waals surface area contributed by atoms with E-state index in [9.17, 15) is 19.2 Å². The molecule has 0 radical (unpaired) electrons. The zero-order valence-corrected chi connectivity index (χ0v) is 26.8. The number of hydrogen-bond acceptors (Lipinski definition) is 9. The lowest BCUT2D eigenvalue weighted by Crippen LogP contribution is -2.45. The lowest BCUT2D eigenvalue weighted by molar-refractivity contribution is -0.117. The van der Waals surface area contributed by atoms with Gasteiger partial charge in [0.2, 0.25) is 5.43 Å². The van der Waals surface area contributed by atoms with Gasteiger partial charge in [-0.25, -0.2) is 14.0 Å². The van der Waals surface area contributed by atoms with E-state index in [0.29, 0.717) is 35.2 Å². The van der Waals surface area contributed by atoms with Crippen LogP contribution in [0.3, 0.4) is 0 Å². The summed E-state index contributed by atoms with van der Waals surface area (Å²) in [4.78, 5) is 58.3. The van der Waals surface area contributed by atoms with E-state index in [-0.39, 0.29) is 58.4 Å². The van der Waals surface area contributed by atoms with E-state index in [1.165, 1.54) is 19.2 Å². The number of ether oxygens (including phenoxy) is 2. The topological polar surface area (TPSA) is 111 Å². The number of halogens is 1. The molecule has 0 bridgehead atoms. The highest BCUT2D eigenvalue weighted by Gasteiger charge is 2.33. The van der Waals surface area contributed by atoms with Crippen molar-refractivity contribution in [3.05, 3.63) is 110 Å². The number of carbonyl (C=O) groups excluding carboxylic acids is 2. The van der Waals surface area contributed by atoms with Gasteiger partial charge in [-0.1, -0.05) is 42.5 Å². The van der Waals surface area contributed by atoms with E-state index in [2.05, 4.69) is 4.90 Å². The third-order valence-corrected chi connectivity index (χ3v) is 9.22. The lowest BCUT2D eigenvalue weighted by Gasteiger charge is -2.37. The minimum absolute atomic E-state index is 0.0159. The second kappa shape index (κ2) is 12.4. The Morgan fingerprint density at radius 1 is 1.00 bits per heavy atom. The van der Waals surface area contributed by atoms with Gasteiger partial charge in [0.05, 0.1) is 27.9 Å². The maximum absolute atomic E-state index is 15.9. The normalized spacial score (nSPS) is 16.9. The van der Waals surface area contributed by atoms with Gasteiger partial charge in [0.15, 0.2) is 17.3 Å². The van der Waals surface area contributed by atoms with Crippen molar-refractivity contribution in [1.82, 2.24) is 9.47 Å². The number of likely N-dealkylation sites (N-methyl/N-ethyl adjacent to an activating group) is 1. The standard InChI is InChI=1S/C37H34FN3O7/c1-21-20-46-35-31-26(18-28(38)32(35)40-15-13-39(3)14-16-40)33(43)27(19-41(21)31)36(44)48-34-24-11-7-8-12-29(24)47-37(45)30(34)25(17-22(2)42)23-9-5-4-6-10-23/h4-12,18-19,21,25H,13-17,20H2,1-3H3/t21-,25?/m0/s1. The summed E-state index contributed by atoms with van der Waals surface area (Å²) < 4.78 is 35.4. The molecule has 0 spiro atoms. The highest BCUT2D eigenvalue weighted by molar-refractivity contribution is 6.00. The minimum Gasteiger partial charge on any atom is -0.487 e. The first-order chi connectivity index (χ1) is 23.1. The summed E-state index contributed by atoms with van der Waals surface area (Å²) in [6, 6.07) is 16.4. The lowest BCUT2D eigenvalue weighted by atomic mass is 9.87. The number of ketones is 1. The average molecular weight is 652 g/mol. The average Bonchev–Trinajstić information content (AvgIpc) is 3.07. The van der Waals surface area contributed by atoms with Crippen LogP contribution in [0.4, 0.5) is 10.1 Å². The van der Waals surface area contributed by atoms with Crippen LogP contribution in [0.15, 0.2) is 80.9 Å². The molecular weight excluding hydrogens is 617 g/mol. The molecule has 1 fully saturated rings. The van der Waals surface area contributed by atoms with Crippen molar-refractivity contribution in [2.24, 2.45) is 0 Å². The first-order valence-corrected chi connectivity index (χ1v) is 15.9. The fourth-order valence-electron chi connectivity index (χ4n) is 6.74. The molecule has 2 aliphatic rings. The predicted octanol–water partition coefficient (Wildman–Crippen LogP) is 5.28. The van der Waals surface area contributed by atoms with Crippen molar-refractivity contribution in [2.75, 3.05) is 44.7 Å². The molecule has 0 amide bonds. The molecule has 246 valence electrons. The van der Waals surface area contributed by atoms with Gasteiger partial charge in [0.1, 0.15) is 29.2 Å². The zero-order valence-electron chi connectivity index (χ0n) is 26.8. The largest absolute Gasteiger partial charge is 0.487 e. The van der Waals surface area contributed by atoms with Gasteiger partial charge in [-0.2, -0.15) is 0 Å². The quantitative estimate of drug-likeness (QED) is 0.171. The van der Waals surface area contributed by atoms with Crippen molar-refractivity contribution in [2.45, 2.75) is 32.2 Å². The van der Waals surface area contributed by atoms with Crippen LogP contribution in [0.25, 0.3) is 21.9 Å². The number of pyridine rings is 1. The maximum atomic E-state index is 15.9. The Kier molecular flexibility index (Phi) is 8.08. The van der Waals surface area contributed by atoms with Crippen LogP contribution in [-0.4, -0.2) is 61.1 Å². The van der Waals surface area contributed by atoms with Crippen molar-refractivity contribution in [3.8, 4) is 11.5 Å². The predicted molar refractivity (Wildman–Crippen MR) is 179 cm³/mol. The van der Waals surface area contributed by atoms with Crippen LogP contribution in [0.5, 0.6) is 11.5 Å². The van der Waals surface area contributed by atoms with Gasteiger partial charge in [-0.3, -0.25) is 9.59 Å². The molecular formula is C37H34FN3O7. The summed E-state index contributed by atoms with van der Waals surface area (Å²) in [5.41, 5.74) is -0.327. The number of anilines is 1. The minimum atomic E-state index is -1.03. The van der Waals surface area contributed by atoms with Gasteiger partial charge < -0.3 is 28.3 Å². The summed E-state index contributed by atoms with van der Waals surface area (Å²) in [6.45, 7) is 6.17. The molecule has 5 aromatic rings. The monoisotopic (exact) mass is 651 g/mol. The van der Waals surface area contributed by atoms with E-state index in [4.69, 9.17) is 13.9 Å². The van der Waals surface area contributed by atoms with Crippen LogP contribution < -0.4 is 25.4 Å². The fraction of sp³-hybridized carbons (Fsp3) is 0.297. The summed E-state index contributed by atoms with van der Waals surface area (Å²) in [5, 5.41) is 0.303. The molecule has 10 nitrogen and oxygen atoms in total. The smallest absolute Gasteiger partial charge is 0.349 e. The molecule has 1 saturated heterocycles. The van der Waals surface area contributed by atoms with Crippen molar-refractivity contribution < 1.29 is 27.9 Å². The summed E-state index contributed by atoms with van der Waals surface area (Å²) >= 11 is 0. The molecule has 2 atom stereocenters. The molecule has 48 heavy (non-hydrogen) atoms. The number of hydrogen-bond donors (Lipinski definition) is 0. The number of Topliss-reactive ketones (excluding diaryl/α,β-unsaturated/α-hetero) is 1. The van der Waals surface area contributed by atoms with Crippen LogP contribution in [-0.2, 0) is 4.79 Å². The molecule has 2 aromatic heterocycles. The second-order valence-corrected chi connectivity index (χ2v) is 12.5. The Bertz CT molecular complexity index is 2200. The van der Waals surface area contributed by atoms with Crippen LogP contribution in [0.2, 0.25) is 0 Å². The third-order valence-electron chi connectivity index (χ3n) is 9.22. The van der Waals surface area contributed by atoms with Gasteiger partial charge in [0.25, 0.3) is 0 Å². The van der Waals surface area contributed by atoms with Gasteiger partial charge >= 0.3 is 11.6 Å². The molecule has 3 aromatic carbocycles. The summed E-state index contributed by atoms with van der Waals surface area (Å²) in [5.74, 6) is -2.46. The molecule has 4 heterocycles. The number of fused-ring (bicyclic) bond motifs is 1. The van der Waals surface area contributed by atoms with Gasteiger partial charge in [-0.15, -0.1) is 0 Å². The number of nitrogens with zero attached hydrogens (tertiary/aromatic N) is 3. The molecule has 1 unspecified atom stereocenters. The Morgan fingerprint density at radius 3 is 2.44 bits per heavy atom. The first-order valence-electron chi connectivity index (χ1n) is 15.9. The highest BCUT2D eigenvalue weighted by Crippen LogP contribution is 2.42. The highest BCUT2D eigenvalue weighted by atomic mass is 19.1. The fourth-order valence-corrected chi connectivity index (χ4v) is 6.74. The van der Waals surface area contributed by atoms with Gasteiger partial charge in [0, 0.05) is 44.7 Å². The van der Waals surface area contributed by atoms with Crippen molar-refractivity contribution in [3.63, 3.8) is 0 Å². The van der Waals surface area contributed by atoms with E-state index in [1.807, 2.05) is 24.9 Å². The number of rotatable bonds is 7. The summed E-state index contributed by atoms with van der Waals surface area (Å²) in [7, 11) is 2.01. The Hall–Kier alpha value is -5.29. The molecule has 2 aliphatic heterocycles. The van der Waals surface area contributed by atoms with E-state index < -0.39 is 28.8 Å². The maximum Gasteiger partial charge on any atom is 0.349 e. The molecule has 0 N–H and O–H groups in total.